The van der Waals surface area contributed by atoms with E-state index in [0.717, 1.165) is 25.6 Å². The van der Waals surface area contributed by atoms with Gasteiger partial charge in [-0.15, -0.1) is 0 Å². The van der Waals surface area contributed by atoms with Crippen LogP contribution in [0.25, 0.3) is 0 Å². The molecule has 2 aromatic carbocycles. The Morgan fingerprint density at radius 2 is 1.93 bits per heavy atom. The van der Waals surface area contributed by atoms with Crippen LogP contribution in [0.5, 0.6) is 0 Å². The van der Waals surface area contributed by atoms with Crippen LogP contribution in [0.3, 0.4) is 0 Å². The van der Waals surface area contributed by atoms with Crippen molar-refractivity contribution in [3.63, 3.8) is 0 Å². The second-order valence-corrected chi connectivity index (χ2v) is 7.60. The number of hydrogen-bond acceptors (Lipinski definition) is 4. The fraction of sp³-hybridized carbons (Fsp3) is 0.391. The number of carbonyl (C=O) groups is 2. The molecule has 5 heteroatoms. The van der Waals surface area contributed by atoms with Gasteiger partial charge in [0.25, 0.3) is 5.91 Å². The smallest absolute Gasteiger partial charge is 0.338 e. The number of anilines is 1. The van der Waals surface area contributed by atoms with E-state index in [-0.39, 0.29) is 5.91 Å². The Morgan fingerprint density at radius 3 is 2.61 bits per heavy atom. The first kappa shape index (κ1) is 20.1. The molecule has 1 unspecified atom stereocenters. The first-order chi connectivity index (χ1) is 13.5. The van der Waals surface area contributed by atoms with Gasteiger partial charge in [0, 0.05) is 24.3 Å². The largest absolute Gasteiger partial charge is 0.465 e. The zero-order valence-corrected chi connectivity index (χ0v) is 16.8. The van der Waals surface area contributed by atoms with Crippen LogP contribution in [0.1, 0.15) is 51.6 Å². The quantitative estimate of drug-likeness (QED) is 0.787. The van der Waals surface area contributed by atoms with Crippen LogP contribution < -0.4 is 5.32 Å². The van der Waals surface area contributed by atoms with Gasteiger partial charge in [-0.25, -0.2) is 4.79 Å². The molecule has 148 valence electrons. The van der Waals surface area contributed by atoms with E-state index in [1.54, 1.807) is 25.1 Å². The summed E-state index contributed by atoms with van der Waals surface area (Å²) in [7, 11) is 1.35. The highest BCUT2D eigenvalue weighted by Crippen LogP contribution is 2.21. The van der Waals surface area contributed by atoms with Crippen molar-refractivity contribution in [3.8, 4) is 0 Å². The van der Waals surface area contributed by atoms with Crippen molar-refractivity contribution < 1.29 is 14.3 Å². The van der Waals surface area contributed by atoms with Crippen LogP contribution in [0.15, 0.2) is 42.5 Å². The highest BCUT2D eigenvalue weighted by atomic mass is 16.5. The first-order valence-electron chi connectivity index (χ1n) is 9.78. The molecular formula is C23H28N2O3. The van der Waals surface area contributed by atoms with Crippen molar-refractivity contribution >= 4 is 17.6 Å². The molecule has 1 amide bonds. The third kappa shape index (κ3) is 4.78. The summed E-state index contributed by atoms with van der Waals surface area (Å²) in [5.41, 5.74) is 3.57. The van der Waals surface area contributed by atoms with Crippen molar-refractivity contribution in [2.45, 2.75) is 33.2 Å². The van der Waals surface area contributed by atoms with E-state index >= 15 is 0 Å². The number of esters is 1. The minimum Gasteiger partial charge on any atom is -0.465 e. The molecule has 5 nitrogen and oxygen atoms in total. The summed E-state index contributed by atoms with van der Waals surface area (Å²) < 4.78 is 4.79. The fourth-order valence-corrected chi connectivity index (χ4v) is 3.75. The monoisotopic (exact) mass is 380 g/mol. The molecule has 0 saturated carbocycles. The molecule has 0 radical (unpaired) electrons. The molecule has 0 spiro atoms. The number of nitrogens with zero attached hydrogens (tertiary/aromatic N) is 1. The fourth-order valence-electron chi connectivity index (χ4n) is 3.75. The van der Waals surface area contributed by atoms with Crippen LogP contribution in [-0.2, 0) is 11.3 Å². The molecule has 28 heavy (non-hydrogen) atoms. The Balaban J connectivity index is 1.66. The van der Waals surface area contributed by atoms with E-state index in [9.17, 15) is 9.59 Å². The summed E-state index contributed by atoms with van der Waals surface area (Å²) in [6.45, 7) is 7.30. The number of benzene rings is 2. The van der Waals surface area contributed by atoms with E-state index < -0.39 is 5.97 Å². The molecule has 1 aliphatic heterocycles. The molecule has 0 bridgehead atoms. The summed E-state index contributed by atoms with van der Waals surface area (Å²) in [4.78, 5) is 26.9. The van der Waals surface area contributed by atoms with Gasteiger partial charge in [-0.1, -0.05) is 25.1 Å². The van der Waals surface area contributed by atoms with Crippen molar-refractivity contribution in [1.82, 2.24) is 4.90 Å². The number of nitrogens with one attached hydrogen (secondary N) is 1. The number of hydrogen-bond donors (Lipinski definition) is 1. The first-order valence-corrected chi connectivity index (χ1v) is 9.78. The summed E-state index contributed by atoms with van der Waals surface area (Å²) in [6, 6.07) is 13.0. The van der Waals surface area contributed by atoms with Crippen LogP contribution >= 0.6 is 0 Å². The topological polar surface area (TPSA) is 58.6 Å². The maximum atomic E-state index is 12.6. The van der Waals surface area contributed by atoms with E-state index in [0.29, 0.717) is 22.4 Å². The van der Waals surface area contributed by atoms with Gasteiger partial charge in [0.2, 0.25) is 0 Å². The molecule has 1 atom stereocenters. The van der Waals surface area contributed by atoms with Crippen molar-refractivity contribution in [1.29, 1.82) is 0 Å². The lowest BCUT2D eigenvalue weighted by atomic mass is 9.99. The molecule has 1 saturated heterocycles. The van der Waals surface area contributed by atoms with E-state index in [1.165, 1.54) is 25.5 Å². The summed E-state index contributed by atoms with van der Waals surface area (Å²) in [5.74, 6) is 0.149. The van der Waals surface area contributed by atoms with Crippen LogP contribution in [-0.4, -0.2) is 37.0 Å². The number of likely N-dealkylation sites (tertiary alicyclic amines) is 1. The zero-order chi connectivity index (χ0) is 20.1. The zero-order valence-electron chi connectivity index (χ0n) is 16.8. The predicted octanol–water partition coefficient (Wildman–Crippen LogP) is 4.27. The van der Waals surface area contributed by atoms with Gasteiger partial charge in [-0.3, -0.25) is 9.69 Å². The molecule has 1 N–H and O–H groups in total. The number of carbonyl (C=O) groups excluding carboxylic acids is 2. The lowest BCUT2D eigenvalue weighted by molar-refractivity contribution is 0.0599. The molecule has 0 aliphatic carbocycles. The second-order valence-electron chi connectivity index (χ2n) is 7.60. The van der Waals surface area contributed by atoms with Gasteiger partial charge < -0.3 is 10.1 Å². The highest BCUT2D eigenvalue weighted by molar-refractivity contribution is 6.05. The maximum Gasteiger partial charge on any atom is 0.338 e. The average molecular weight is 380 g/mol. The summed E-state index contributed by atoms with van der Waals surface area (Å²) in [5, 5.41) is 2.90. The van der Waals surface area contributed by atoms with Crippen LogP contribution in [0.2, 0.25) is 0 Å². The van der Waals surface area contributed by atoms with Crippen LogP contribution in [0.4, 0.5) is 5.69 Å². The van der Waals surface area contributed by atoms with Gasteiger partial charge in [-0.05, 0) is 67.6 Å². The molecular weight excluding hydrogens is 352 g/mol. The van der Waals surface area contributed by atoms with Gasteiger partial charge in [0.05, 0.1) is 12.7 Å². The number of ether oxygens (including phenoxy) is 1. The van der Waals surface area contributed by atoms with E-state index in [2.05, 4.69) is 17.1 Å². The highest BCUT2D eigenvalue weighted by Gasteiger charge is 2.17. The lowest BCUT2D eigenvalue weighted by Gasteiger charge is -2.30. The third-order valence-electron chi connectivity index (χ3n) is 5.35. The number of amides is 1. The standard InChI is InChI=1S/C23H28N2O3/c1-16-6-5-13-25(14-16)15-18-9-11-19(12-10-18)22(26)24-21-8-4-7-20(17(21)2)23(27)28-3/h4,7-12,16H,5-6,13-15H2,1-3H3,(H,24,26). The minimum atomic E-state index is -0.412. The van der Waals surface area contributed by atoms with Gasteiger partial charge in [-0.2, -0.15) is 0 Å². The molecule has 2 aromatic rings. The molecule has 1 aliphatic rings. The van der Waals surface area contributed by atoms with Gasteiger partial charge in [0.1, 0.15) is 0 Å². The van der Waals surface area contributed by atoms with Crippen molar-refractivity contribution in [3.05, 3.63) is 64.7 Å². The number of methoxy groups -OCH3 is 1. The third-order valence-corrected chi connectivity index (χ3v) is 5.35. The Labute approximate surface area is 166 Å². The SMILES string of the molecule is COC(=O)c1cccc(NC(=O)c2ccc(CN3CCCC(C)C3)cc2)c1C. The van der Waals surface area contributed by atoms with Crippen molar-refractivity contribution in [2.24, 2.45) is 5.92 Å². The van der Waals surface area contributed by atoms with Crippen LogP contribution in [0, 0.1) is 12.8 Å². The Hall–Kier alpha value is -2.66. The molecule has 3 rings (SSSR count). The van der Waals surface area contributed by atoms with E-state index in [4.69, 9.17) is 4.74 Å². The molecule has 1 heterocycles. The summed E-state index contributed by atoms with van der Waals surface area (Å²) >= 11 is 0. The minimum absolute atomic E-state index is 0.191. The predicted molar refractivity (Wildman–Crippen MR) is 111 cm³/mol. The van der Waals surface area contributed by atoms with Crippen molar-refractivity contribution in [2.75, 3.05) is 25.5 Å². The number of rotatable bonds is 5. The Kier molecular flexibility index (Phi) is 6.47. The number of piperidine rings is 1. The molecule has 0 aromatic heterocycles. The van der Waals surface area contributed by atoms with E-state index in [1.807, 2.05) is 24.3 Å². The second kappa shape index (κ2) is 9.02. The normalized spacial score (nSPS) is 17.2. The Bertz CT molecular complexity index is 845. The Morgan fingerprint density at radius 1 is 1.18 bits per heavy atom. The summed E-state index contributed by atoms with van der Waals surface area (Å²) in [6.07, 6.45) is 2.57. The van der Waals surface area contributed by atoms with Gasteiger partial charge in [0.15, 0.2) is 0 Å². The molecule has 1 fully saturated rings. The maximum absolute atomic E-state index is 12.6. The van der Waals surface area contributed by atoms with Gasteiger partial charge >= 0.3 is 5.97 Å². The average Bonchev–Trinajstić information content (AvgIpc) is 2.69. The lowest BCUT2D eigenvalue weighted by Crippen LogP contribution is -2.33.